The molecule has 0 aliphatic carbocycles. The van der Waals surface area contributed by atoms with E-state index in [-0.39, 0.29) is 18.0 Å². The molecule has 5 heteroatoms. The Morgan fingerprint density at radius 1 is 1.56 bits per heavy atom. The van der Waals surface area contributed by atoms with Crippen LogP contribution < -0.4 is 16.0 Å². The zero-order valence-corrected chi connectivity index (χ0v) is 9.58. The maximum atomic E-state index is 13.1. The average molecular weight is 242 g/mol. The number of halogens is 2. The summed E-state index contributed by atoms with van der Waals surface area (Å²) in [6.07, 6.45) is 1.57. The Morgan fingerprint density at radius 3 is 2.94 bits per heavy atom. The fourth-order valence-electron chi connectivity index (χ4n) is 1.71. The Kier molecular flexibility index (Phi) is 3.03. The first kappa shape index (κ1) is 11.2. The van der Waals surface area contributed by atoms with Crippen molar-refractivity contribution in [1.29, 1.82) is 0 Å². The molecule has 2 atom stereocenters. The van der Waals surface area contributed by atoms with Gasteiger partial charge in [-0.25, -0.2) is 4.39 Å². The summed E-state index contributed by atoms with van der Waals surface area (Å²) in [7, 11) is 0. The molecule has 3 nitrogen and oxygen atoms in total. The van der Waals surface area contributed by atoms with Crippen LogP contribution in [-0.4, -0.2) is 12.2 Å². The minimum Gasteiger partial charge on any atom is -0.353 e. The summed E-state index contributed by atoms with van der Waals surface area (Å²) in [6, 6.07) is 6.19. The third-order valence-corrected chi connectivity index (χ3v) is 2.65. The molecule has 0 spiro atoms. The van der Waals surface area contributed by atoms with Gasteiger partial charge in [0.05, 0.1) is 0 Å². The van der Waals surface area contributed by atoms with Crippen molar-refractivity contribution < 1.29 is 4.39 Å². The van der Waals surface area contributed by atoms with Crippen LogP contribution in [0.5, 0.6) is 0 Å². The molecule has 0 amide bonds. The number of hydrogen-bond acceptors (Lipinski definition) is 3. The van der Waals surface area contributed by atoms with E-state index in [4.69, 9.17) is 17.3 Å². The van der Waals surface area contributed by atoms with Crippen LogP contribution >= 0.6 is 11.6 Å². The lowest BCUT2D eigenvalue weighted by Gasteiger charge is -2.28. The van der Waals surface area contributed by atoms with E-state index >= 15 is 0 Å². The molecule has 0 aromatic heterocycles. The van der Waals surface area contributed by atoms with Crippen LogP contribution in [0.15, 0.2) is 35.6 Å². The third kappa shape index (κ3) is 2.13. The molecule has 1 aromatic carbocycles. The molecule has 0 saturated carbocycles. The molecule has 3 N–H and O–H groups in total. The van der Waals surface area contributed by atoms with Crippen LogP contribution in [0.2, 0.25) is 0 Å². The summed E-state index contributed by atoms with van der Waals surface area (Å²) in [6.45, 7) is 1.87. The van der Waals surface area contributed by atoms with Crippen molar-refractivity contribution in [3.63, 3.8) is 0 Å². The van der Waals surface area contributed by atoms with Gasteiger partial charge in [0.2, 0.25) is 0 Å². The number of nitrogens with zero attached hydrogens (tertiary/aromatic N) is 1. The van der Waals surface area contributed by atoms with Crippen molar-refractivity contribution >= 4 is 17.3 Å². The lowest BCUT2D eigenvalue weighted by Crippen LogP contribution is -2.48. The number of hydrogen-bond donors (Lipinski definition) is 2. The van der Waals surface area contributed by atoms with Crippen LogP contribution in [0, 0.1) is 5.82 Å². The lowest BCUT2D eigenvalue weighted by molar-refractivity contribution is 0.522. The summed E-state index contributed by atoms with van der Waals surface area (Å²) in [5, 5.41) is 3.53. The highest BCUT2D eigenvalue weighted by Gasteiger charge is 2.27. The maximum absolute atomic E-state index is 13.1. The van der Waals surface area contributed by atoms with Gasteiger partial charge in [-0.05, 0) is 25.1 Å². The predicted octanol–water partition coefficient (Wildman–Crippen LogP) is 1.95. The Bertz CT molecular complexity index is 419. The van der Waals surface area contributed by atoms with Crippen LogP contribution in [0.25, 0.3) is 0 Å². The first-order valence-corrected chi connectivity index (χ1v) is 5.39. The van der Waals surface area contributed by atoms with Crippen molar-refractivity contribution in [3.05, 3.63) is 41.4 Å². The first-order chi connectivity index (χ1) is 7.58. The normalized spacial score (nSPS) is 21.6. The van der Waals surface area contributed by atoms with Crippen molar-refractivity contribution in [2.75, 3.05) is 4.90 Å². The highest BCUT2D eigenvalue weighted by molar-refractivity contribution is 6.29. The zero-order chi connectivity index (χ0) is 11.7. The topological polar surface area (TPSA) is 41.3 Å². The Hall–Kier alpha value is -1.26. The van der Waals surface area contributed by atoms with Gasteiger partial charge in [-0.15, -0.1) is 0 Å². The van der Waals surface area contributed by atoms with Gasteiger partial charge in [-0.2, -0.15) is 0 Å². The summed E-state index contributed by atoms with van der Waals surface area (Å²) in [4.78, 5) is 1.83. The van der Waals surface area contributed by atoms with E-state index in [0.29, 0.717) is 5.16 Å². The molecule has 1 heterocycles. The molecule has 16 heavy (non-hydrogen) atoms. The van der Waals surface area contributed by atoms with Gasteiger partial charge in [0.25, 0.3) is 0 Å². The largest absolute Gasteiger partial charge is 0.353 e. The average Bonchev–Trinajstić information content (AvgIpc) is 2.60. The van der Waals surface area contributed by atoms with Gasteiger partial charge < -0.3 is 16.0 Å². The van der Waals surface area contributed by atoms with Crippen molar-refractivity contribution in [2.24, 2.45) is 5.73 Å². The molecule has 0 fully saturated rings. The van der Waals surface area contributed by atoms with E-state index in [9.17, 15) is 4.39 Å². The van der Waals surface area contributed by atoms with E-state index in [0.717, 1.165) is 5.69 Å². The second-order valence-corrected chi connectivity index (χ2v) is 4.22. The van der Waals surface area contributed by atoms with E-state index < -0.39 is 0 Å². The molecule has 0 radical (unpaired) electrons. The summed E-state index contributed by atoms with van der Waals surface area (Å²) in [5.41, 5.74) is 6.56. The highest BCUT2D eigenvalue weighted by Crippen LogP contribution is 2.24. The van der Waals surface area contributed by atoms with Gasteiger partial charge >= 0.3 is 0 Å². The second kappa shape index (κ2) is 4.31. The number of nitrogens with two attached hydrogens (primary N) is 1. The van der Waals surface area contributed by atoms with E-state index in [1.807, 2.05) is 17.9 Å². The van der Waals surface area contributed by atoms with Crippen molar-refractivity contribution in [2.45, 2.75) is 19.1 Å². The van der Waals surface area contributed by atoms with E-state index in [2.05, 4.69) is 5.32 Å². The fourth-order valence-corrected chi connectivity index (χ4v) is 1.92. The Balaban J connectivity index is 2.31. The number of nitrogens with one attached hydrogen (secondary N) is 1. The molecule has 1 unspecified atom stereocenters. The van der Waals surface area contributed by atoms with Gasteiger partial charge in [0, 0.05) is 17.9 Å². The number of benzene rings is 1. The molecule has 2 rings (SSSR count). The molecule has 0 saturated heterocycles. The molecule has 86 valence electrons. The molecule has 0 bridgehead atoms. The fraction of sp³-hybridized carbons (Fsp3) is 0.273. The molecular weight excluding hydrogens is 229 g/mol. The molecule has 1 aromatic rings. The first-order valence-electron chi connectivity index (χ1n) is 5.01. The number of anilines is 1. The monoisotopic (exact) mass is 241 g/mol. The molecule has 1 aliphatic heterocycles. The summed E-state index contributed by atoms with van der Waals surface area (Å²) >= 11 is 5.89. The quantitative estimate of drug-likeness (QED) is 0.778. The van der Waals surface area contributed by atoms with Crippen LogP contribution in [0.1, 0.15) is 6.92 Å². The van der Waals surface area contributed by atoms with E-state index in [1.165, 1.54) is 12.1 Å². The standard InChI is InChI=1S/C11H13ClFN3/c1-7(14)11-15-10(12)6-16(11)9-4-2-3-8(13)5-9/h2-7,11,15H,14H2,1H3/t7?,11-/m0/s1. The van der Waals surface area contributed by atoms with E-state index in [1.54, 1.807) is 12.3 Å². The van der Waals surface area contributed by atoms with Crippen molar-refractivity contribution in [3.8, 4) is 0 Å². The predicted molar refractivity (Wildman–Crippen MR) is 63.4 cm³/mol. The molecule has 1 aliphatic rings. The summed E-state index contributed by atoms with van der Waals surface area (Å²) < 4.78 is 13.1. The van der Waals surface area contributed by atoms with Crippen LogP contribution in [0.4, 0.5) is 10.1 Å². The lowest BCUT2D eigenvalue weighted by atomic mass is 10.2. The second-order valence-electron chi connectivity index (χ2n) is 3.81. The van der Waals surface area contributed by atoms with Crippen LogP contribution in [-0.2, 0) is 0 Å². The zero-order valence-electron chi connectivity index (χ0n) is 8.82. The van der Waals surface area contributed by atoms with Crippen LogP contribution in [0.3, 0.4) is 0 Å². The van der Waals surface area contributed by atoms with Gasteiger partial charge in [-0.1, -0.05) is 17.7 Å². The minimum absolute atomic E-state index is 0.129. The third-order valence-electron chi connectivity index (χ3n) is 2.44. The van der Waals surface area contributed by atoms with Crippen molar-refractivity contribution in [1.82, 2.24) is 5.32 Å². The number of rotatable bonds is 2. The minimum atomic E-state index is -0.280. The maximum Gasteiger partial charge on any atom is 0.125 e. The highest BCUT2D eigenvalue weighted by atomic mass is 35.5. The van der Waals surface area contributed by atoms with Gasteiger partial charge in [-0.3, -0.25) is 0 Å². The summed E-state index contributed by atoms with van der Waals surface area (Å²) in [5.74, 6) is -0.280. The van der Waals surface area contributed by atoms with Gasteiger partial charge in [0.1, 0.15) is 17.1 Å². The smallest absolute Gasteiger partial charge is 0.125 e. The Morgan fingerprint density at radius 2 is 2.31 bits per heavy atom. The van der Waals surface area contributed by atoms with Gasteiger partial charge in [0.15, 0.2) is 0 Å². The Labute approximate surface area is 98.7 Å². The molecular formula is C11H13ClFN3. The SMILES string of the molecule is CC(N)[C@H]1NC(Cl)=CN1c1cccc(F)c1.